The van der Waals surface area contributed by atoms with E-state index in [2.05, 4.69) is 17.6 Å². The summed E-state index contributed by atoms with van der Waals surface area (Å²) in [6.07, 6.45) is 0.279. The van der Waals surface area contributed by atoms with Crippen LogP contribution in [0, 0.1) is 0 Å². The SMILES string of the molecule is c1ccc(C2CNO2)cc1. The molecule has 0 aliphatic carbocycles. The predicted octanol–water partition coefficient (Wildman–Crippen LogP) is 1.26. The average molecular weight is 135 g/mol. The van der Waals surface area contributed by atoms with Crippen LogP contribution in [0.5, 0.6) is 0 Å². The Morgan fingerprint density at radius 1 is 1.30 bits per heavy atom. The molecule has 0 bridgehead atoms. The van der Waals surface area contributed by atoms with Gasteiger partial charge in [0, 0.05) is 0 Å². The molecule has 1 aliphatic heterocycles. The first kappa shape index (κ1) is 5.89. The highest BCUT2D eigenvalue weighted by Crippen LogP contribution is 2.19. The number of hydroxylamine groups is 1. The molecular formula is C8H9NO. The molecule has 52 valence electrons. The van der Waals surface area contributed by atoms with Crippen molar-refractivity contribution in [2.24, 2.45) is 0 Å². The molecule has 1 heterocycles. The Morgan fingerprint density at radius 2 is 2.00 bits per heavy atom. The molecule has 0 aromatic heterocycles. The monoisotopic (exact) mass is 135 g/mol. The number of hydrogen-bond acceptors (Lipinski definition) is 2. The van der Waals surface area contributed by atoms with Crippen LogP contribution < -0.4 is 5.48 Å². The lowest BCUT2D eigenvalue weighted by Gasteiger charge is -2.26. The highest BCUT2D eigenvalue weighted by atomic mass is 16.7. The Morgan fingerprint density at radius 3 is 2.50 bits per heavy atom. The molecule has 2 rings (SSSR count). The molecule has 1 N–H and O–H groups in total. The molecule has 1 aliphatic rings. The van der Waals surface area contributed by atoms with E-state index in [1.54, 1.807) is 0 Å². The second-order valence-electron chi connectivity index (χ2n) is 2.37. The van der Waals surface area contributed by atoms with Crippen molar-refractivity contribution in [1.29, 1.82) is 0 Å². The molecule has 1 aromatic carbocycles. The number of hydrogen-bond donors (Lipinski definition) is 1. The minimum absolute atomic E-state index is 0.279. The lowest BCUT2D eigenvalue weighted by molar-refractivity contribution is -0.125. The van der Waals surface area contributed by atoms with Crippen LogP contribution in [-0.4, -0.2) is 6.54 Å². The van der Waals surface area contributed by atoms with Crippen LogP contribution in [0.2, 0.25) is 0 Å². The van der Waals surface area contributed by atoms with Gasteiger partial charge in [0.05, 0.1) is 6.54 Å². The molecular weight excluding hydrogens is 126 g/mol. The first-order chi connectivity index (χ1) is 4.97. The second kappa shape index (κ2) is 2.40. The van der Waals surface area contributed by atoms with Crippen molar-refractivity contribution in [1.82, 2.24) is 5.48 Å². The van der Waals surface area contributed by atoms with Crippen LogP contribution in [-0.2, 0) is 4.84 Å². The topological polar surface area (TPSA) is 21.3 Å². The lowest BCUT2D eigenvalue weighted by atomic mass is 10.1. The second-order valence-corrected chi connectivity index (χ2v) is 2.37. The van der Waals surface area contributed by atoms with E-state index in [1.807, 2.05) is 18.2 Å². The minimum atomic E-state index is 0.279. The van der Waals surface area contributed by atoms with E-state index in [4.69, 9.17) is 4.84 Å². The van der Waals surface area contributed by atoms with Crippen LogP contribution >= 0.6 is 0 Å². The molecule has 0 radical (unpaired) electrons. The highest BCUT2D eigenvalue weighted by Gasteiger charge is 2.19. The van der Waals surface area contributed by atoms with E-state index < -0.39 is 0 Å². The van der Waals surface area contributed by atoms with E-state index in [0.717, 1.165) is 6.54 Å². The molecule has 0 spiro atoms. The van der Waals surface area contributed by atoms with Gasteiger partial charge in [0.1, 0.15) is 6.10 Å². The Hall–Kier alpha value is -0.860. The number of benzene rings is 1. The minimum Gasteiger partial charge on any atom is -0.292 e. The first-order valence-electron chi connectivity index (χ1n) is 3.40. The largest absolute Gasteiger partial charge is 0.292 e. The predicted molar refractivity (Wildman–Crippen MR) is 38.3 cm³/mol. The van der Waals surface area contributed by atoms with Crippen molar-refractivity contribution < 1.29 is 4.84 Å². The molecule has 1 unspecified atom stereocenters. The van der Waals surface area contributed by atoms with Gasteiger partial charge in [-0.3, -0.25) is 4.84 Å². The van der Waals surface area contributed by atoms with E-state index in [1.165, 1.54) is 5.56 Å². The van der Waals surface area contributed by atoms with E-state index in [9.17, 15) is 0 Å². The van der Waals surface area contributed by atoms with Gasteiger partial charge in [-0.2, -0.15) is 5.48 Å². The maximum Gasteiger partial charge on any atom is 0.119 e. The molecule has 0 saturated carbocycles. The van der Waals surface area contributed by atoms with Gasteiger partial charge in [0.2, 0.25) is 0 Å². The van der Waals surface area contributed by atoms with Crippen molar-refractivity contribution >= 4 is 0 Å². The van der Waals surface area contributed by atoms with Crippen molar-refractivity contribution in [3.8, 4) is 0 Å². The third kappa shape index (κ3) is 0.916. The molecule has 2 heteroatoms. The molecule has 2 nitrogen and oxygen atoms in total. The zero-order chi connectivity index (χ0) is 6.81. The van der Waals surface area contributed by atoms with Gasteiger partial charge in [-0.1, -0.05) is 30.3 Å². The Kier molecular flexibility index (Phi) is 1.42. The Balaban J connectivity index is 2.18. The summed E-state index contributed by atoms with van der Waals surface area (Å²) in [7, 11) is 0. The van der Waals surface area contributed by atoms with E-state index in [0.29, 0.717) is 0 Å². The molecule has 1 aromatic rings. The molecule has 0 amide bonds. The van der Waals surface area contributed by atoms with Gasteiger partial charge in [0.25, 0.3) is 0 Å². The maximum atomic E-state index is 5.07. The van der Waals surface area contributed by atoms with Crippen molar-refractivity contribution in [2.45, 2.75) is 6.10 Å². The van der Waals surface area contributed by atoms with Crippen LogP contribution in [0.15, 0.2) is 30.3 Å². The summed E-state index contributed by atoms with van der Waals surface area (Å²) in [6, 6.07) is 10.2. The molecule has 1 saturated heterocycles. The van der Waals surface area contributed by atoms with E-state index in [-0.39, 0.29) is 6.10 Å². The van der Waals surface area contributed by atoms with Crippen molar-refractivity contribution in [3.05, 3.63) is 35.9 Å². The third-order valence-electron chi connectivity index (χ3n) is 1.67. The summed E-state index contributed by atoms with van der Waals surface area (Å²) in [5.74, 6) is 0. The summed E-state index contributed by atoms with van der Waals surface area (Å²) in [5.41, 5.74) is 4.01. The van der Waals surface area contributed by atoms with Crippen LogP contribution in [0.4, 0.5) is 0 Å². The van der Waals surface area contributed by atoms with Crippen molar-refractivity contribution in [3.63, 3.8) is 0 Å². The lowest BCUT2D eigenvalue weighted by Crippen LogP contribution is -2.37. The van der Waals surface area contributed by atoms with Gasteiger partial charge in [-0.25, -0.2) is 0 Å². The molecule has 1 fully saturated rings. The van der Waals surface area contributed by atoms with Gasteiger partial charge in [-0.05, 0) is 5.56 Å². The normalized spacial score (nSPS) is 23.8. The van der Waals surface area contributed by atoms with Gasteiger partial charge >= 0.3 is 0 Å². The van der Waals surface area contributed by atoms with Crippen LogP contribution in [0.25, 0.3) is 0 Å². The Bertz CT molecular complexity index is 206. The summed E-state index contributed by atoms with van der Waals surface area (Å²) in [5, 5.41) is 0. The maximum absolute atomic E-state index is 5.07. The van der Waals surface area contributed by atoms with Crippen LogP contribution in [0.1, 0.15) is 11.7 Å². The summed E-state index contributed by atoms with van der Waals surface area (Å²) in [6.45, 7) is 0.935. The average Bonchev–Trinajstić information content (AvgIpc) is 1.86. The molecule has 10 heavy (non-hydrogen) atoms. The molecule has 1 atom stereocenters. The standard InChI is InChI=1S/C8H9NO/c1-2-4-7(5-3-1)8-6-9-10-8/h1-5,8-9H,6H2. The van der Waals surface area contributed by atoms with Crippen LogP contribution in [0.3, 0.4) is 0 Å². The summed E-state index contributed by atoms with van der Waals surface area (Å²) in [4.78, 5) is 5.07. The number of nitrogens with one attached hydrogen (secondary N) is 1. The Labute approximate surface area is 59.8 Å². The highest BCUT2D eigenvalue weighted by molar-refractivity contribution is 5.18. The summed E-state index contributed by atoms with van der Waals surface area (Å²) >= 11 is 0. The number of rotatable bonds is 1. The fourth-order valence-electron chi connectivity index (χ4n) is 1.02. The zero-order valence-electron chi connectivity index (χ0n) is 5.58. The smallest absolute Gasteiger partial charge is 0.119 e. The van der Waals surface area contributed by atoms with Crippen molar-refractivity contribution in [2.75, 3.05) is 6.54 Å². The zero-order valence-corrected chi connectivity index (χ0v) is 5.58. The van der Waals surface area contributed by atoms with Gasteiger partial charge < -0.3 is 0 Å². The van der Waals surface area contributed by atoms with E-state index >= 15 is 0 Å². The quantitative estimate of drug-likeness (QED) is 0.626. The fourth-order valence-corrected chi connectivity index (χ4v) is 1.02. The van der Waals surface area contributed by atoms with Gasteiger partial charge in [0.15, 0.2) is 0 Å². The third-order valence-corrected chi connectivity index (χ3v) is 1.67. The van der Waals surface area contributed by atoms with Gasteiger partial charge in [-0.15, -0.1) is 0 Å². The summed E-state index contributed by atoms with van der Waals surface area (Å²) < 4.78 is 0. The fraction of sp³-hybridized carbons (Fsp3) is 0.250. The first-order valence-corrected chi connectivity index (χ1v) is 3.40.